The van der Waals surface area contributed by atoms with Gasteiger partial charge in [0, 0.05) is 10.7 Å². The molecule has 4 aromatic rings. The number of halogens is 1. The zero-order valence-electron chi connectivity index (χ0n) is 14.6. The Morgan fingerprint density at radius 3 is 2.85 bits per heavy atom. The number of hydrogen-bond donors (Lipinski definition) is 2. The maximum Gasteiger partial charge on any atom is 0.272 e. The molecule has 2 aromatic heterocycles. The van der Waals surface area contributed by atoms with E-state index >= 15 is 0 Å². The molecule has 4 rings (SSSR count). The smallest absolute Gasteiger partial charge is 0.272 e. The lowest BCUT2D eigenvalue weighted by Gasteiger charge is -2.15. The van der Waals surface area contributed by atoms with Crippen LogP contribution in [0.15, 0.2) is 47.3 Å². The fourth-order valence-electron chi connectivity index (χ4n) is 2.88. The predicted octanol–water partition coefficient (Wildman–Crippen LogP) is 3.03. The fraction of sp³-hybridized carbons (Fsp3) is 0.167. The fourth-order valence-corrected chi connectivity index (χ4v) is 3.05. The Balaban J connectivity index is 1.65. The van der Waals surface area contributed by atoms with Crippen molar-refractivity contribution in [2.45, 2.75) is 19.9 Å². The third kappa shape index (κ3) is 3.39. The molecule has 136 valence electrons. The molecule has 27 heavy (non-hydrogen) atoms. The minimum absolute atomic E-state index is 0.239. The second-order valence-corrected chi connectivity index (χ2v) is 6.60. The number of benzene rings is 2. The Hall–Kier alpha value is -3.26. The topological polar surface area (TPSA) is 101 Å². The van der Waals surface area contributed by atoms with Crippen LogP contribution in [0.1, 0.15) is 24.5 Å². The summed E-state index contributed by atoms with van der Waals surface area (Å²) in [5, 5.41) is 15.4. The van der Waals surface area contributed by atoms with Gasteiger partial charge in [0.15, 0.2) is 5.82 Å². The molecule has 0 aliphatic heterocycles. The first kappa shape index (κ1) is 17.2. The molecule has 0 radical (unpaired) electrons. The number of aromatic nitrogens is 6. The Morgan fingerprint density at radius 2 is 2.07 bits per heavy atom. The van der Waals surface area contributed by atoms with Crippen LogP contribution in [0.25, 0.3) is 16.7 Å². The van der Waals surface area contributed by atoms with E-state index in [-0.39, 0.29) is 11.6 Å². The maximum absolute atomic E-state index is 12.4. The minimum atomic E-state index is -0.317. The molecule has 2 aromatic carbocycles. The van der Waals surface area contributed by atoms with Crippen molar-refractivity contribution >= 4 is 28.3 Å². The molecule has 0 amide bonds. The Kier molecular flexibility index (Phi) is 4.33. The zero-order chi connectivity index (χ0) is 19.0. The summed E-state index contributed by atoms with van der Waals surface area (Å²) in [5.74, 6) is 0.685. The van der Waals surface area contributed by atoms with Crippen LogP contribution in [-0.4, -0.2) is 30.2 Å². The van der Waals surface area contributed by atoms with Crippen molar-refractivity contribution < 1.29 is 0 Å². The molecule has 0 bridgehead atoms. The Labute approximate surface area is 159 Å². The monoisotopic (exact) mass is 381 g/mol. The number of hydrogen-bond acceptors (Lipinski definition) is 6. The lowest BCUT2D eigenvalue weighted by atomic mass is 10.2. The van der Waals surface area contributed by atoms with Crippen molar-refractivity contribution in [3.63, 3.8) is 0 Å². The van der Waals surface area contributed by atoms with Gasteiger partial charge in [-0.1, -0.05) is 17.7 Å². The number of nitrogens with zero attached hydrogens (tertiary/aromatic N) is 5. The van der Waals surface area contributed by atoms with E-state index in [1.54, 1.807) is 22.9 Å². The van der Waals surface area contributed by atoms with Gasteiger partial charge in [0.05, 0.1) is 22.8 Å². The molecule has 1 unspecified atom stereocenters. The number of anilines is 1. The lowest BCUT2D eigenvalue weighted by molar-refractivity contribution is 0.778. The number of H-pyrrole nitrogens is 1. The number of aryl methyl sites for hydroxylation is 1. The van der Waals surface area contributed by atoms with Crippen molar-refractivity contribution in [2.75, 3.05) is 5.32 Å². The third-order valence-electron chi connectivity index (χ3n) is 4.19. The molecule has 0 fully saturated rings. The first-order chi connectivity index (χ1) is 13.0. The molecule has 0 saturated heterocycles. The summed E-state index contributed by atoms with van der Waals surface area (Å²) in [5.41, 5.74) is 3.08. The van der Waals surface area contributed by atoms with Crippen LogP contribution in [0.3, 0.4) is 0 Å². The highest BCUT2D eigenvalue weighted by atomic mass is 35.5. The Bertz CT molecular complexity index is 1180. The van der Waals surface area contributed by atoms with Gasteiger partial charge < -0.3 is 10.3 Å². The van der Waals surface area contributed by atoms with Crippen LogP contribution in [0.2, 0.25) is 5.02 Å². The van der Waals surface area contributed by atoms with Crippen molar-refractivity contribution in [2.24, 2.45) is 0 Å². The molecule has 2 N–H and O–H groups in total. The van der Waals surface area contributed by atoms with Crippen molar-refractivity contribution in [3.05, 3.63) is 69.4 Å². The first-order valence-corrected chi connectivity index (χ1v) is 8.70. The number of tetrazole rings is 1. The largest absolute Gasteiger partial charge is 0.377 e. The average molecular weight is 382 g/mol. The van der Waals surface area contributed by atoms with Crippen LogP contribution in [0.5, 0.6) is 0 Å². The lowest BCUT2D eigenvalue weighted by Crippen LogP contribution is -2.21. The van der Waals surface area contributed by atoms with Gasteiger partial charge in [0.25, 0.3) is 5.56 Å². The van der Waals surface area contributed by atoms with E-state index in [4.69, 9.17) is 11.6 Å². The molecule has 8 nitrogen and oxygen atoms in total. The highest BCUT2D eigenvalue weighted by Gasteiger charge is 2.14. The summed E-state index contributed by atoms with van der Waals surface area (Å²) >= 11 is 6.03. The van der Waals surface area contributed by atoms with Crippen LogP contribution in [0.4, 0.5) is 5.69 Å². The van der Waals surface area contributed by atoms with Crippen LogP contribution >= 0.6 is 11.6 Å². The van der Waals surface area contributed by atoms with Crippen LogP contribution in [0, 0.1) is 6.92 Å². The van der Waals surface area contributed by atoms with E-state index in [0.717, 1.165) is 11.4 Å². The highest BCUT2D eigenvalue weighted by Crippen LogP contribution is 2.21. The summed E-state index contributed by atoms with van der Waals surface area (Å²) < 4.78 is 1.64. The van der Waals surface area contributed by atoms with Gasteiger partial charge in [0.1, 0.15) is 5.69 Å². The molecule has 0 aliphatic rings. The van der Waals surface area contributed by atoms with Crippen LogP contribution < -0.4 is 10.9 Å². The molecular formula is C18H16ClN7O. The average Bonchev–Trinajstić information content (AvgIpc) is 3.07. The first-order valence-electron chi connectivity index (χ1n) is 8.33. The van der Waals surface area contributed by atoms with Crippen molar-refractivity contribution in [1.29, 1.82) is 0 Å². The quantitative estimate of drug-likeness (QED) is 0.563. The maximum atomic E-state index is 12.4. The molecule has 1 atom stereocenters. The van der Waals surface area contributed by atoms with Gasteiger partial charge in [-0.3, -0.25) is 4.79 Å². The van der Waals surface area contributed by atoms with E-state index in [2.05, 4.69) is 30.8 Å². The van der Waals surface area contributed by atoms with Crippen LogP contribution in [-0.2, 0) is 0 Å². The second kappa shape index (κ2) is 6.81. The van der Waals surface area contributed by atoms with Gasteiger partial charge >= 0.3 is 0 Å². The van der Waals surface area contributed by atoms with Crippen molar-refractivity contribution in [3.8, 4) is 5.69 Å². The third-order valence-corrected chi connectivity index (χ3v) is 4.43. The van der Waals surface area contributed by atoms with Gasteiger partial charge in [-0.25, -0.2) is 4.98 Å². The summed E-state index contributed by atoms with van der Waals surface area (Å²) in [6.07, 6.45) is 0. The number of nitrogens with one attached hydrogen (secondary N) is 2. The van der Waals surface area contributed by atoms with E-state index < -0.39 is 0 Å². The molecular weight excluding hydrogens is 366 g/mol. The standard InChI is InChI=1S/C18H16ClN7O/c1-10(17-18(27)22-15-7-6-12(19)8-16(15)21-17)20-13-4-3-5-14(9-13)26-11(2)23-24-25-26/h3-10,20H,1-2H3,(H,22,27). The highest BCUT2D eigenvalue weighted by molar-refractivity contribution is 6.31. The van der Waals surface area contributed by atoms with E-state index in [9.17, 15) is 4.79 Å². The molecule has 2 heterocycles. The van der Waals surface area contributed by atoms with Gasteiger partial charge in [-0.15, -0.1) is 5.10 Å². The second-order valence-electron chi connectivity index (χ2n) is 6.17. The number of aromatic amines is 1. The predicted molar refractivity (Wildman–Crippen MR) is 103 cm³/mol. The number of rotatable bonds is 4. The van der Waals surface area contributed by atoms with E-state index in [0.29, 0.717) is 27.6 Å². The number of fused-ring (bicyclic) bond motifs is 1. The molecule has 0 aliphatic carbocycles. The summed E-state index contributed by atoms with van der Waals surface area (Å²) in [4.78, 5) is 19.8. The summed E-state index contributed by atoms with van der Waals surface area (Å²) in [6, 6.07) is 12.5. The van der Waals surface area contributed by atoms with E-state index in [1.165, 1.54) is 0 Å². The normalized spacial score (nSPS) is 12.3. The summed E-state index contributed by atoms with van der Waals surface area (Å²) in [7, 11) is 0. The SMILES string of the molecule is Cc1nnnn1-c1cccc(NC(C)c2nc3cc(Cl)ccc3[nH]c2=O)c1. The molecule has 9 heteroatoms. The minimum Gasteiger partial charge on any atom is -0.377 e. The molecule has 0 saturated carbocycles. The van der Waals surface area contributed by atoms with Gasteiger partial charge in [-0.05, 0) is 60.7 Å². The Morgan fingerprint density at radius 1 is 1.22 bits per heavy atom. The van der Waals surface area contributed by atoms with Crippen molar-refractivity contribution in [1.82, 2.24) is 30.2 Å². The van der Waals surface area contributed by atoms with Gasteiger partial charge in [-0.2, -0.15) is 4.68 Å². The molecule has 0 spiro atoms. The summed E-state index contributed by atoms with van der Waals surface area (Å²) in [6.45, 7) is 3.70. The van der Waals surface area contributed by atoms with E-state index in [1.807, 2.05) is 38.1 Å². The zero-order valence-corrected chi connectivity index (χ0v) is 15.4. The van der Waals surface area contributed by atoms with Gasteiger partial charge in [0.2, 0.25) is 0 Å².